The number of rotatable bonds is 8. The molecule has 0 spiro atoms. The minimum Gasteiger partial charge on any atom is -0.508 e. The zero-order chi connectivity index (χ0) is 28.6. The van der Waals surface area contributed by atoms with Crippen LogP contribution in [-0.2, 0) is 29.3 Å². The molecule has 39 heavy (non-hydrogen) atoms. The SMILES string of the molecule is COCc1cc(Br)ccc1OC.COCc1cc(N2CCNCC2)ccc1OC.OCc1cc(Br)ccc1O. The highest BCUT2D eigenvalue weighted by molar-refractivity contribution is 9.10. The van der Waals surface area contributed by atoms with Crippen molar-refractivity contribution in [3.8, 4) is 17.2 Å². The Morgan fingerprint density at radius 3 is 1.77 bits per heavy atom. The average molecular weight is 670 g/mol. The molecule has 0 saturated carbocycles. The van der Waals surface area contributed by atoms with Gasteiger partial charge in [0.15, 0.2) is 0 Å². The molecule has 1 heterocycles. The highest BCUT2D eigenvalue weighted by Gasteiger charge is 2.12. The van der Waals surface area contributed by atoms with Crippen molar-refractivity contribution in [2.24, 2.45) is 0 Å². The van der Waals surface area contributed by atoms with Crippen molar-refractivity contribution in [3.05, 3.63) is 80.2 Å². The van der Waals surface area contributed by atoms with E-state index in [4.69, 9.17) is 29.2 Å². The third-order valence-electron chi connectivity index (χ3n) is 5.80. The number of nitrogens with one attached hydrogen (secondary N) is 1. The van der Waals surface area contributed by atoms with E-state index in [1.807, 2.05) is 24.3 Å². The van der Waals surface area contributed by atoms with Crippen LogP contribution in [0.25, 0.3) is 0 Å². The van der Waals surface area contributed by atoms with Crippen molar-refractivity contribution in [1.29, 1.82) is 0 Å². The molecular weight excluding hydrogens is 632 g/mol. The molecule has 1 aliphatic rings. The quantitative estimate of drug-likeness (QED) is 0.290. The summed E-state index contributed by atoms with van der Waals surface area (Å²) < 4.78 is 22.6. The van der Waals surface area contributed by atoms with E-state index in [-0.39, 0.29) is 12.4 Å². The van der Waals surface area contributed by atoms with Gasteiger partial charge in [0.1, 0.15) is 17.2 Å². The number of benzene rings is 3. The molecule has 1 fully saturated rings. The molecule has 10 heteroatoms. The van der Waals surface area contributed by atoms with Crippen LogP contribution in [0.1, 0.15) is 16.7 Å². The summed E-state index contributed by atoms with van der Waals surface area (Å²) in [5, 5.41) is 21.1. The van der Waals surface area contributed by atoms with Crippen molar-refractivity contribution in [3.63, 3.8) is 0 Å². The summed E-state index contributed by atoms with van der Waals surface area (Å²) in [6.07, 6.45) is 0. The van der Waals surface area contributed by atoms with E-state index in [0.29, 0.717) is 18.8 Å². The van der Waals surface area contributed by atoms with Crippen molar-refractivity contribution in [2.75, 3.05) is 59.5 Å². The number of aliphatic hydroxyl groups is 1. The highest BCUT2D eigenvalue weighted by atomic mass is 79.9. The van der Waals surface area contributed by atoms with Crippen LogP contribution in [0.2, 0.25) is 0 Å². The zero-order valence-corrected chi connectivity index (χ0v) is 26.0. The molecule has 3 aromatic carbocycles. The lowest BCUT2D eigenvalue weighted by Crippen LogP contribution is -2.43. The standard InChI is InChI=1S/C13H20N2O2.C9H11BrO2.C7H7BrO2/c1-16-10-11-9-12(3-4-13(11)17-2)15-7-5-14-6-8-15;1-11-6-7-5-8(10)3-4-9(7)12-2;8-6-1-2-7(10)5(3-6)4-9/h3-4,9,14H,5-8,10H2,1-2H3;3-5H,6H2,1-2H3;1-3,9-10H,4H2. The minimum atomic E-state index is -0.134. The molecule has 0 aliphatic carbocycles. The molecule has 1 saturated heterocycles. The Balaban J connectivity index is 0.000000214. The highest BCUT2D eigenvalue weighted by Crippen LogP contribution is 2.26. The Morgan fingerprint density at radius 2 is 1.26 bits per heavy atom. The monoisotopic (exact) mass is 668 g/mol. The third-order valence-corrected chi connectivity index (χ3v) is 6.79. The van der Waals surface area contributed by atoms with Gasteiger partial charge in [0.25, 0.3) is 0 Å². The number of hydrogen-bond donors (Lipinski definition) is 3. The summed E-state index contributed by atoms with van der Waals surface area (Å²) in [5.74, 6) is 1.89. The molecule has 0 radical (unpaired) electrons. The average Bonchev–Trinajstić information content (AvgIpc) is 2.96. The smallest absolute Gasteiger partial charge is 0.124 e. The molecule has 0 unspecified atom stereocenters. The number of anilines is 1. The van der Waals surface area contributed by atoms with Gasteiger partial charge in [-0.25, -0.2) is 0 Å². The Hall–Kier alpha value is -2.34. The second-order valence-corrected chi connectivity index (χ2v) is 10.3. The number of aliphatic hydroxyl groups excluding tert-OH is 1. The van der Waals surface area contributed by atoms with Gasteiger partial charge in [0.05, 0.1) is 34.0 Å². The van der Waals surface area contributed by atoms with Gasteiger partial charge in [-0.2, -0.15) is 0 Å². The summed E-state index contributed by atoms with van der Waals surface area (Å²) >= 11 is 6.60. The fourth-order valence-electron chi connectivity index (χ4n) is 3.85. The number of aromatic hydroxyl groups is 1. The molecule has 3 aromatic rings. The Bertz CT molecular complexity index is 1140. The Labute approximate surface area is 248 Å². The van der Waals surface area contributed by atoms with Crippen molar-refractivity contribution in [2.45, 2.75) is 19.8 Å². The number of methoxy groups -OCH3 is 4. The lowest BCUT2D eigenvalue weighted by Gasteiger charge is -2.30. The zero-order valence-electron chi connectivity index (χ0n) is 22.9. The number of phenols is 1. The summed E-state index contributed by atoms with van der Waals surface area (Å²) in [4.78, 5) is 2.38. The fourth-order valence-corrected chi connectivity index (χ4v) is 4.67. The maximum Gasteiger partial charge on any atom is 0.124 e. The van der Waals surface area contributed by atoms with E-state index < -0.39 is 0 Å². The van der Waals surface area contributed by atoms with Gasteiger partial charge in [0, 0.05) is 71.7 Å². The first-order chi connectivity index (χ1) is 18.9. The molecule has 3 N–H and O–H groups in total. The second kappa shape index (κ2) is 18.1. The first kappa shape index (κ1) is 32.9. The topological polar surface area (TPSA) is 92.7 Å². The van der Waals surface area contributed by atoms with Crippen LogP contribution in [0.5, 0.6) is 17.2 Å². The molecule has 8 nitrogen and oxygen atoms in total. The van der Waals surface area contributed by atoms with Gasteiger partial charge in [-0.15, -0.1) is 0 Å². The normalized spacial score (nSPS) is 12.5. The molecule has 1 aliphatic heterocycles. The van der Waals surface area contributed by atoms with E-state index in [2.05, 4.69) is 54.2 Å². The van der Waals surface area contributed by atoms with E-state index in [1.165, 1.54) is 11.8 Å². The summed E-state index contributed by atoms with van der Waals surface area (Å²) in [6.45, 7) is 5.23. The van der Waals surface area contributed by atoms with Crippen LogP contribution in [0, 0.1) is 0 Å². The van der Waals surface area contributed by atoms with Crippen LogP contribution < -0.4 is 19.7 Å². The van der Waals surface area contributed by atoms with Crippen LogP contribution in [0.15, 0.2) is 63.5 Å². The molecule has 0 aromatic heterocycles. The summed E-state index contributed by atoms with van der Waals surface area (Å²) in [6, 6.07) is 17.1. The lowest BCUT2D eigenvalue weighted by molar-refractivity contribution is 0.181. The number of hydrogen-bond acceptors (Lipinski definition) is 8. The van der Waals surface area contributed by atoms with Crippen LogP contribution in [0.3, 0.4) is 0 Å². The molecule has 0 amide bonds. The molecule has 0 bridgehead atoms. The van der Waals surface area contributed by atoms with Crippen LogP contribution >= 0.6 is 31.9 Å². The van der Waals surface area contributed by atoms with E-state index in [0.717, 1.165) is 57.8 Å². The Morgan fingerprint density at radius 1 is 0.744 bits per heavy atom. The van der Waals surface area contributed by atoms with Gasteiger partial charge in [-0.1, -0.05) is 31.9 Å². The van der Waals surface area contributed by atoms with E-state index in [9.17, 15) is 0 Å². The van der Waals surface area contributed by atoms with Gasteiger partial charge < -0.3 is 39.4 Å². The summed E-state index contributed by atoms with van der Waals surface area (Å²) in [7, 11) is 6.72. The van der Waals surface area contributed by atoms with Crippen molar-refractivity contribution in [1.82, 2.24) is 5.32 Å². The molecule has 214 valence electrons. The molecule has 4 rings (SSSR count). The molecule has 0 atom stereocenters. The summed E-state index contributed by atoms with van der Waals surface area (Å²) in [5.41, 5.74) is 3.94. The van der Waals surface area contributed by atoms with Gasteiger partial charge in [0.2, 0.25) is 0 Å². The maximum atomic E-state index is 9.05. The maximum absolute atomic E-state index is 9.05. The largest absolute Gasteiger partial charge is 0.508 e. The second-order valence-electron chi connectivity index (χ2n) is 8.49. The first-order valence-corrected chi connectivity index (χ1v) is 14.0. The Kier molecular flexibility index (Phi) is 15.2. The van der Waals surface area contributed by atoms with Crippen molar-refractivity contribution >= 4 is 37.5 Å². The predicted molar refractivity (Wildman–Crippen MR) is 162 cm³/mol. The number of halogens is 2. The van der Waals surface area contributed by atoms with Crippen molar-refractivity contribution < 1.29 is 29.2 Å². The third kappa shape index (κ3) is 11.0. The van der Waals surface area contributed by atoms with Gasteiger partial charge >= 0.3 is 0 Å². The first-order valence-electron chi connectivity index (χ1n) is 12.4. The van der Waals surface area contributed by atoms with Crippen LogP contribution in [-0.4, -0.2) is 64.8 Å². The number of piperazine rings is 1. The predicted octanol–water partition coefficient (Wildman–Crippen LogP) is 5.50. The molecular formula is C29H38Br2N2O6. The number of ether oxygens (including phenoxy) is 4. The minimum absolute atomic E-state index is 0.130. The fraction of sp³-hybridized carbons (Fsp3) is 0.379. The van der Waals surface area contributed by atoms with E-state index in [1.54, 1.807) is 40.6 Å². The van der Waals surface area contributed by atoms with Gasteiger partial charge in [-0.05, 0) is 54.6 Å². The van der Waals surface area contributed by atoms with Gasteiger partial charge in [-0.3, -0.25) is 0 Å². The number of nitrogens with zero attached hydrogens (tertiary/aromatic N) is 1. The van der Waals surface area contributed by atoms with Crippen LogP contribution in [0.4, 0.5) is 5.69 Å². The van der Waals surface area contributed by atoms with E-state index >= 15 is 0 Å². The lowest BCUT2D eigenvalue weighted by atomic mass is 10.1.